The molecule has 0 spiro atoms. The molecule has 7 aromatic carbocycles. The third kappa shape index (κ3) is 3.51. The molecule has 0 bridgehead atoms. The molecular weight excluding hydrogens is 601 g/mol. The van der Waals surface area contributed by atoms with Gasteiger partial charge >= 0.3 is 0 Å². The van der Waals surface area contributed by atoms with E-state index < -0.39 is 0 Å². The van der Waals surface area contributed by atoms with Gasteiger partial charge in [0, 0.05) is 52.8 Å². The van der Waals surface area contributed by atoms with Gasteiger partial charge in [-0.05, 0) is 83.6 Å². The van der Waals surface area contributed by atoms with E-state index in [0.717, 1.165) is 0 Å². The molecule has 0 amide bonds. The van der Waals surface area contributed by atoms with E-state index in [9.17, 15) is 0 Å². The Labute approximate surface area is 280 Å². The lowest BCUT2D eigenvalue weighted by molar-refractivity contribution is 1.17. The van der Waals surface area contributed by atoms with Crippen LogP contribution in [0, 0.1) is 6.92 Å². The Kier molecular flexibility index (Phi) is 5.22. The Morgan fingerprint density at radius 1 is 0.438 bits per heavy atom. The van der Waals surface area contributed by atoms with Crippen molar-refractivity contribution in [3.8, 4) is 16.8 Å². The molecule has 4 heterocycles. The molecule has 3 heteroatoms. The SMILES string of the molecule is Cc1cccc(-n2c3ccc(-c4cccc5c4sc4ccccc45)cc3c3cc4cc5c6ccccc6c6ccccc6n5c4cc32)c1. The lowest BCUT2D eigenvalue weighted by Crippen LogP contribution is -1.95. The molecule has 0 N–H and O–H groups in total. The zero-order valence-electron chi connectivity index (χ0n) is 26.2. The van der Waals surface area contributed by atoms with Gasteiger partial charge in [-0.25, -0.2) is 0 Å². The third-order valence-electron chi connectivity index (χ3n) is 10.3. The summed E-state index contributed by atoms with van der Waals surface area (Å²) in [6.45, 7) is 2.18. The van der Waals surface area contributed by atoms with E-state index in [1.54, 1.807) is 0 Å². The Morgan fingerprint density at radius 2 is 1.17 bits per heavy atom. The smallest absolute Gasteiger partial charge is 0.0562 e. The van der Waals surface area contributed by atoms with Crippen molar-refractivity contribution in [3.05, 3.63) is 157 Å². The average molecular weight is 629 g/mol. The molecule has 0 fully saturated rings. The predicted molar refractivity (Wildman–Crippen MR) is 207 cm³/mol. The Morgan fingerprint density at radius 3 is 2.04 bits per heavy atom. The van der Waals surface area contributed by atoms with E-state index in [4.69, 9.17) is 0 Å². The first-order valence-corrected chi connectivity index (χ1v) is 17.3. The number of aryl methyl sites for hydroxylation is 1. The summed E-state index contributed by atoms with van der Waals surface area (Å²) >= 11 is 1.89. The van der Waals surface area contributed by atoms with Gasteiger partial charge in [0.2, 0.25) is 0 Å². The lowest BCUT2D eigenvalue weighted by Gasteiger charge is -2.11. The quantitative estimate of drug-likeness (QED) is 0.169. The minimum Gasteiger partial charge on any atom is -0.309 e. The van der Waals surface area contributed by atoms with Gasteiger partial charge < -0.3 is 8.97 Å². The summed E-state index contributed by atoms with van der Waals surface area (Å²) in [6.07, 6.45) is 0. The van der Waals surface area contributed by atoms with Crippen LogP contribution in [0.1, 0.15) is 5.56 Å². The first-order chi connectivity index (χ1) is 23.7. The van der Waals surface area contributed by atoms with E-state index in [0.29, 0.717) is 0 Å². The molecule has 224 valence electrons. The number of thiophene rings is 1. The summed E-state index contributed by atoms with van der Waals surface area (Å²) in [7, 11) is 0. The van der Waals surface area contributed by atoms with E-state index in [1.165, 1.54) is 102 Å². The summed E-state index contributed by atoms with van der Waals surface area (Å²) in [5.74, 6) is 0. The summed E-state index contributed by atoms with van der Waals surface area (Å²) in [4.78, 5) is 0. The van der Waals surface area contributed by atoms with Crippen molar-refractivity contribution in [1.29, 1.82) is 0 Å². The lowest BCUT2D eigenvalue weighted by atomic mass is 10.0. The number of nitrogens with zero attached hydrogens (tertiary/aromatic N) is 2. The van der Waals surface area contributed by atoms with Crippen molar-refractivity contribution in [1.82, 2.24) is 8.97 Å². The highest BCUT2D eigenvalue weighted by Crippen LogP contribution is 2.43. The van der Waals surface area contributed by atoms with Crippen molar-refractivity contribution in [2.24, 2.45) is 0 Å². The van der Waals surface area contributed by atoms with Crippen molar-refractivity contribution in [3.63, 3.8) is 0 Å². The number of hydrogen-bond donors (Lipinski definition) is 0. The van der Waals surface area contributed by atoms with Crippen molar-refractivity contribution < 1.29 is 0 Å². The second-order valence-electron chi connectivity index (χ2n) is 13.0. The minimum absolute atomic E-state index is 1.19. The van der Waals surface area contributed by atoms with Crippen molar-refractivity contribution >= 4 is 91.4 Å². The number of aromatic nitrogens is 2. The molecule has 0 aliphatic carbocycles. The number of fused-ring (bicyclic) bond motifs is 14. The van der Waals surface area contributed by atoms with Gasteiger partial charge in [0.15, 0.2) is 0 Å². The van der Waals surface area contributed by atoms with Crippen LogP contribution in [0.25, 0.3) is 96.9 Å². The van der Waals surface area contributed by atoms with Gasteiger partial charge in [-0.15, -0.1) is 11.3 Å². The van der Waals surface area contributed by atoms with E-state index in [-0.39, 0.29) is 0 Å². The summed E-state index contributed by atoms with van der Waals surface area (Å²) < 4.78 is 7.61. The molecule has 0 aliphatic rings. The molecule has 11 aromatic rings. The van der Waals surface area contributed by atoms with Crippen molar-refractivity contribution in [2.75, 3.05) is 0 Å². The van der Waals surface area contributed by atoms with Gasteiger partial charge in [0.1, 0.15) is 0 Å². The molecule has 0 saturated carbocycles. The predicted octanol–water partition coefficient (Wildman–Crippen LogP) is 12.8. The van der Waals surface area contributed by atoms with Gasteiger partial charge in [0.25, 0.3) is 0 Å². The normalized spacial score (nSPS) is 12.3. The fourth-order valence-corrected chi connectivity index (χ4v) is 9.44. The standard InChI is InChI=1S/C45H28N2S/c1-27-10-8-11-30(22-27)46-40-21-20-28(31-16-9-17-36-35-15-5-7-19-44(35)48-45(31)36)23-37(40)38-24-29-25-42-34-14-3-2-12-32(34)33-13-4-6-18-39(33)47(42)41(29)26-43(38)46/h2-26H,1H3. The van der Waals surface area contributed by atoms with E-state index in [2.05, 4.69) is 168 Å². The zero-order chi connectivity index (χ0) is 31.5. The van der Waals surface area contributed by atoms with Crippen LogP contribution in [-0.2, 0) is 0 Å². The molecule has 11 rings (SSSR count). The third-order valence-corrected chi connectivity index (χ3v) is 11.5. The highest BCUT2D eigenvalue weighted by atomic mass is 32.1. The molecule has 0 aliphatic heterocycles. The van der Waals surface area contributed by atoms with Crippen LogP contribution in [0.4, 0.5) is 0 Å². The van der Waals surface area contributed by atoms with Crippen molar-refractivity contribution in [2.45, 2.75) is 6.92 Å². The molecule has 0 atom stereocenters. The van der Waals surface area contributed by atoms with Crippen LogP contribution in [0.2, 0.25) is 0 Å². The second kappa shape index (κ2) is 9.57. The van der Waals surface area contributed by atoms with E-state index in [1.807, 2.05) is 11.3 Å². The van der Waals surface area contributed by atoms with Gasteiger partial charge in [0.05, 0.1) is 27.6 Å². The minimum atomic E-state index is 1.19. The Balaban J connectivity index is 1.27. The van der Waals surface area contributed by atoms with Crippen LogP contribution in [0.3, 0.4) is 0 Å². The van der Waals surface area contributed by atoms with Gasteiger partial charge in [-0.2, -0.15) is 0 Å². The fraction of sp³-hybridized carbons (Fsp3) is 0.0222. The summed E-state index contributed by atoms with van der Waals surface area (Å²) in [5.41, 5.74) is 11.1. The molecular formula is C45H28N2S. The maximum absolute atomic E-state index is 2.47. The topological polar surface area (TPSA) is 9.34 Å². The summed E-state index contributed by atoms with van der Waals surface area (Å²) in [6, 6.07) is 56.4. The number of benzene rings is 7. The Bertz CT molecular complexity index is 3130. The summed E-state index contributed by atoms with van der Waals surface area (Å²) in [5, 5.41) is 10.3. The zero-order valence-corrected chi connectivity index (χ0v) is 27.1. The first kappa shape index (κ1) is 26.2. The monoisotopic (exact) mass is 628 g/mol. The van der Waals surface area contributed by atoms with Crippen LogP contribution in [0.5, 0.6) is 0 Å². The maximum atomic E-state index is 2.47. The largest absolute Gasteiger partial charge is 0.309 e. The first-order valence-electron chi connectivity index (χ1n) is 16.5. The van der Waals surface area contributed by atoms with Crippen LogP contribution < -0.4 is 0 Å². The molecule has 0 radical (unpaired) electrons. The fourth-order valence-electron chi connectivity index (χ4n) is 8.20. The van der Waals surface area contributed by atoms with Crippen LogP contribution >= 0.6 is 11.3 Å². The number of hydrogen-bond acceptors (Lipinski definition) is 1. The molecule has 0 saturated heterocycles. The molecule has 4 aromatic heterocycles. The highest BCUT2D eigenvalue weighted by Gasteiger charge is 2.19. The number of para-hydroxylation sites is 1. The Hall–Kier alpha value is -5.90. The molecule has 0 unspecified atom stereocenters. The van der Waals surface area contributed by atoms with Crippen LogP contribution in [0.15, 0.2) is 152 Å². The van der Waals surface area contributed by atoms with E-state index >= 15 is 0 Å². The number of pyridine rings is 1. The number of rotatable bonds is 2. The highest BCUT2D eigenvalue weighted by molar-refractivity contribution is 7.26. The van der Waals surface area contributed by atoms with Gasteiger partial charge in [-0.1, -0.05) is 97.1 Å². The molecule has 2 nitrogen and oxygen atoms in total. The maximum Gasteiger partial charge on any atom is 0.0562 e. The van der Waals surface area contributed by atoms with Crippen LogP contribution in [-0.4, -0.2) is 8.97 Å². The molecule has 48 heavy (non-hydrogen) atoms. The second-order valence-corrected chi connectivity index (χ2v) is 14.1. The average Bonchev–Trinajstić information content (AvgIpc) is 3.80. The van der Waals surface area contributed by atoms with Gasteiger partial charge in [-0.3, -0.25) is 0 Å².